The van der Waals surface area contributed by atoms with Crippen LogP contribution in [0.5, 0.6) is 0 Å². The Bertz CT molecular complexity index is 730. The van der Waals surface area contributed by atoms with E-state index in [0.29, 0.717) is 17.9 Å². The van der Waals surface area contributed by atoms with E-state index in [1.807, 2.05) is 37.3 Å². The second kappa shape index (κ2) is 9.17. The van der Waals surface area contributed by atoms with E-state index in [9.17, 15) is 9.59 Å². The summed E-state index contributed by atoms with van der Waals surface area (Å²) in [5.41, 5.74) is 1.25. The van der Waals surface area contributed by atoms with Gasteiger partial charge in [0.05, 0.1) is 25.2 Å². The number of para-hydroxylation sites is 1. The summed E-state index contributed by atoms with van der Waals surface area (Å²) in [5, 5.41) is 5.90. The molecule has 130 valence electrons. The Morgan fingerprint density at radius 2 is 1.96 bits per heavy atom. The number of anilines is 2. The van der Waals surface area contributed by atoms with Crippen molar-refractivity contribution in [3.8, 4) is 0 Å². The highest BCUT2D eigenvalue weighted by molar-refractivity contribution is 5.96. The molecule has 7 nitrogen and oxygen atoms in total. The van der Waals surface area contributed by atoms with Gasteiger partial charge in [-0.3, -0.25) is 9.78 Å². The van der Waals surface area contributed by atoms with Gasteiger partial charge in [-0.15, -0.1) is 0 Å². The molecular weight excluding hydrogens is 320 g/mol. The van der Waals surface area contributed by atoms with Crippen molar-refractivity contribution >= 4 is 29.5 Å². The summed E-state index contributed by atoms with van der Waals surface area (Å²) < 4.78 is 4.51. The number of benzene rings is 1. The first-order valence-electron chi connectivity index (χ1n) is 7.83. The van der Waals surface area contributed by atoms with Crippen LogP contribution >= 0.6 is 0 Å². The average molecular weight is 340 g/mol. The molecule has 2 rings (SSSR count). The molecule has 25 heavy (non-hydrogen) atoms. The Balaban J connectivity index is 1.97. The van der Waals surface area contributed by atoms with Crippen molar-refractivity contribution in [2.24, 2.45) is 0 Å². The minimum Gasteiger partial charge on any atom is -0.466 e. The van der Waals surface area contributed by atoms with Crippen LogP contribution in [0.3, 0.4) is 0 Å². The van der Waals surface area contributed by atoms with Crippen molar-refractivity contribution in [3.63, 3.8) is 0 Å². The fourth-order valence-electron chi connectivity index (χ4n) is 2.00. The maximum absolute atomic E-state index is 12.3. The van der Waals surface area contributed by atoms with Gasteiger partial charge in [-0.2, -0.15) is 0 Å². The number of hydrogen-bond acceptors (Lipinski definition) is 6. The molecule has 1 aromatic heterocycles. The third-order valence-electron chi connectivity index (χ3n) is 3.35. The lowest BCUT2D eigenvalue weighted by atomic mass is 10.2. The molecule has 0 saturated carbocycles. The minimum absolute atomic E-state index is 0.148. The van der Waals surface area contributed by atoms with Crippen LogP contribution in [0.1, 0.15) is 19.0 Å². The van der Waals surface area contributed by atoms with Gasteiger partial charge in [0.25, 0.3) is 0 Å². The molecule has 0 aliphatic rings. The molecular formula is C18H20N4O3. The van der Waals surface area contributed by atoms with E-state index < -0.39 is 12.0 Å². The monoisotopic (exact) mass is 340 g/mol. The zero-order valence-electron chi connectivity index (χ0n) is 14.1. The summed E-state index contributed by atoms with van der Waals surface area (Å²) in [7, 11) is 1.30. The number of esters is 1. The second-order valence-electron chi connectivity index (χ2n) is 5.14. The minimum atomic E-state index is -0.465. The smallest absolute Gasteiger partial charge is 0.330 e. The molecule has 0 bridgehead atoms. The molecule has 1 heterocycles. The molecule has 0 aliphatic heterocycles. The lowest BCUT2D eigenvalue weighted by Gasteiger charge is -2.17. The first kappa shape index (κ1) is 18.1. The molecule has 2 aromatic rings. The van der Waals surface area contributed by atoms with Crippen molar-refractivity contribution in [2.45, 2.75) is 19.4 Å². The van der Waals surface area contributed by atoms with Gasteiger partial charge < -0.3 is 15.4 Å². The summed E-state index contributed by atoms with van der Waals surface area (Å²) in [4.78, 5) is 31.8. The van der Waals surface area contributed by atoms with Gasteiger partial charge in [0.1, 0.15) is 11.9 Å². The third kappa shape index (κ3) is 5.72. The van der Waals surface area contributed by atoms with Crippen LogP contribution in [0.25, 0.3) is 6.08 Å². The summed E-state index contributed by atoms with van der Waals surface area (Å²) >= 11 is 0. The Hall–Kier alpha value is -3.22. The van der Waals surface area contributed by atoms with Crippen LogP contribution in [-0.2, 0) is 14.3 Å². The molecule has 0 aliphatic carbocycles. The zero-order chi connectivity index (χ0) is 18.1. The molecule has 0 saturated heterocycles. The van der Waals surface area contributed by atoms with Crippen LogP contribution in [0, 0.1) is 0 Å². The number of carbonyl (C=O) groups excluding carboxylic acids is 2. The standard InChI is InChI=1S/C18H20N4O3/c1-3-15(18(24)21-13-7-5-4-6-8-13)22-16-12-19-14(11-20-16)9-10-17(23)25-2/h4-12,15H,3H2,1-2H3,(H,20,22)(H,21,24)/t15-/m1/s1. The predicted octanol–water partition coefficient (Wildman–Crippen LogP) is 2.49. The van der Waals surface area contributed by atoms with E-state index in [2.05, 4.69) is 25.3 Å². The molecule has 7 heteroatoms. The van der Waals surface area contributed by atoms with E-state index in [1.165, 1.54) is 31.7 Å². The van der Waals surface area contributed by atoms with Gasteiger partial charge in [0, 0.05) is 11.8 Å². The van der Waals surface area contributed by atoms with Crippen LogP contribution in [0.15, 0.2) is 48.8 Å². The molecule has 1 amide bonds. The molecule has 2 N–H and O–H groups in total. The van der Waals surface area contributed by atoms with Crippen molar-refractivity contribution in [3.05, 3.63) is 54.5 Å². The van der Waals surface area contributed by atoms with Crippen molar-refractivity contribution in [1.82, 2.24) is 9.97 Å². The highest BCUT2D eigenvalue weighted by Crippen LogP contribution is 2.10. The first-order chi connectivity index (χ1) is 12.1. The van der Waals surface area contributed by atoms with Gasteiger partial charge in [-0.25, -0.2) is 9.78 Å². The SMILES string of the molecule is CC[C@@H](Nc1cnc(C=CC(=O)OC)cn1)C(=O)Nc1ccccc1. The molecule has 1 aromatic carbocycles. The third-order valence-corrected chi connectivity index (χ3v) is 3.35. The summed E-state index contributed by atoms with van der Waals surface area (Å²) in [6.45, 7) is 1.91. The maximum Gasteiger partial charge on any atom is 0.330 e. The molecule has 1 atom stereocenters. The number of hydrogen-bond donors (Lipinski definition) is 2. The van der Waals surface area contributed by atoms with Crippen LogP contribution in [0.2, 0.25) is 0 Å². The molecule has 0 radical (unpaired) electrons. The normalized spacial score (nSPS) is 11.8. The van der Waals surface area contributed by atoms with E-state index in [-0.39, 0.29) is 5.91 Å². The van der Waals surface area contributed by atoms with Gasteiger partial charge in [-0.05, 0) is 24.6 Å². The van der Waals surface area contributed by atoms with Crippen molar-refractivity contribution in [1.29, 1.82) is 0 Å². The topological polar surface area (TPSA) is 93.2 Å². The molecule has 0 spiro atoms. The Morgan fingerprint density at radius 1 is 1.20 bits per heavy atom. The Kier molecular flexibility index (Phi) is 6.65. The summed E-state index contributed by atoms with van der Waals surface area (Å²) in [5.74, 6) is -0.136. The number of ether oxygens (including phenoxy) is 1. The van der Waals surface area contributed by atoms with Crippen molar-refractivity contribution in [2.75, 3.05) is 17.7 Å². The first-order valence-corrected chi connectivity index (χ1v) is 7.83. The quantitative estimate of drug-likeness (QED) is 0.594. The Labute approximate surface area is 146 Å². The second-order valence-corrected chi connectivity index (χ2v) is 5.14. The van der Waals surface area contributed by atoms with E-state index in [0.717, 1.165) is 5.69 Å². The highest BCUT2D eigenvalue weighted by Gasteiger charge is 2.16. The predicted molar refractivity (Wildman–Crippen MR) is 95.9 cm³/mol. The number of nitrogens with one attached hydrogen (secondary N) is 2. The number of methoxy groups -OCH3 is 1. The van der Waals surface area contributed by atoms with Crippen LogP contribution in [-0.4, -0.2) is 35.0 Å². The lowest BCUT2D eigenvalue weighted by molar-refractivity contribution is -0.134. The fraction of sp³-hybridized carbons (Fsp3) is 0.222. The molecule has 0 unspecified atom stereocenters. The van der Waals surface area contributed by atoms with Crippen LogP contribution in [0.4, 0.5) is 11.5 Å². The lowest BCUT2D eigenvalue weighted by Crippen LogP contribution is -2.34. The van der Waals surface area contributed by atoms with E-state index in [1.54, 1.807) is 0 Å². The van der Waals surface area contributed by atoms with E-state index in [4.69, 9.17) is 0 Å². The van der Waals surface area contributed by atoms with Gasteiger partial charge in [-0.1, -0.05) is 25.1 Å². The number of carbonyl (C=O) groups is 2. The van der Waals surface area contributed by atoms with Crippen molar-refractivity contribution < 1.29 is 14.3 Å². The number of rotatable bonds is 7. The van der Waals surface area contributed by atoms with Crippen LogP contribution < -0.4 is 10.6 Å². The summed E-state index contributed by atoms with van der Waals surface area (Å²) in [6, 6.07) is 8.81. The average Bonchev–Trinajstić information content (AvgIpc) is 2.65. The Morgan fingerprint density at radius 3 is 2.56 bits per heavy atom. The highest BCUT2D eigenvalue weighted by atomic mass is 16.5. The summed E-state index contributed by atoms with van der Waals surface area (Å²) in [6.07, 6.45) is 6.37. The largest absolute Gasteiger partial charge is 0.466 e. The number of nitrogens with zero attached hydrogens (tertiary/aromatic N) is 2. The fourth-order valence-corrected chi connectivity index (χ4v) is 2.00. The zero-order valence-corrected chi connectivity index (χ0v) is 14.1. The van der Waals surface area contributed by atoms with E-state index >= 15 is 0 Å². The van der Waals surface area contributed by atoms with Gasteiger partial charge in [0.15, 0.2) is 0 Å². The number of aromatic nitrogens is 2. The maximum atomic E-state index is 12.3. The van der Waals surface area contributed by atoms with Gasteiger partial charge >= 0.3 is 5.97 Å². The molecule has 0 fully saturated rings. The van der Waals surface area contributed by atoms with Gasteiger partial charge in [0.2, 0.25) is 5.91 Å². The number of amides is 1.